The zero-order valence-corrected chi connectivity index (χ0v) is 16.8. The van der Waals surface area contributed by atoms with E-state index in [1.807, 2.05) is 19.9 Å². The lowest BCUT2D eigenvalue weighted by Gasteiger charge is -2.24. The molecule has 0 aliphatic carbocycles. The highest BCUT2D eigenvalue weighted by Gasteiger charge is 2.22. The Bertz CT molecular complexity index is 1150. The third-order valence-corrected chi connectivity index (χ3v) is 4.98. The van der Waals surface area contributed by atoms with Gasteiger partial charge in [-0.3, -0.25) is 9.36 Å². The van der Waals surface area contributed by atoms with Crippen molar-refractivity contribution in [3.8, 4) is 6.07 Å². The summed E-state index contributed by atoms with van der Waals surface area (Å²) in [5.41, 5.74) is 11.9. The summed E-state index contributed by atoms with van der Waals surface area (Å²) in [6.45, 7) is 4.14. The van der Waals surface area contributed by atoms with Gasteiger partial charge in [-0.2, -0.15) is 5.26 Å². The summed E-state index contributed by atoms with van der Waals surface area (Å²) in [5, 5.41) is 13.2. The van der Waals surface area contributed by atoms with E-state index in [2.05, 4.69) is 15.3 Å². The van der Waals surface area contributed by atoms with Crippen LogP contribution in [0.3, 0.4) is 0 Å². The number of nitrogens with one attached hydrogen (secondary N) is 1. The summed E-state index contributed by atoms with van der Waals surface area (Å²) in [6, 6.07) is 6.46. The molecule has 5 N–H and O–H groups in total. The highest BCUT2D eigenvalue weighted by Crippen LogP contribution is 2.26. The van der Waals surface area contributed by atoms with Gasteiger partial charge in [0.05, 0.1) is 22.0 Å². The molecule has 10 heteroatoms. The highest BCUT2D eigenvalue weighted by molar-refractivity contribution is 6.35. The maximum Gasteiger partial charge on any atom is 0.263 e. The second-order valence-corrected chi connectivity index (χ2v) is 7.07. The van der Waals surface area contributed by atoms with Crippen molar-refractivity contribution in [2.24, 2.45) is 5.73 Å². The number of rotatable bonds is 6. The van der Waals surface area contributed by atoms with E-state index < -0.39 is 6.04 Å². The predicted molar refractivity (Wildman–Crippen MR) is 113 cm³/mol. The van der Waals surface area contributed by atoms with Gasteiger partial charge in [0.15, 0.2) is 0 Å². The Kier molecular flexibility index (Phi) is 5.96. The maximum absolute atomic E-state index is 13.3. The largest absolute Gasteiger partial charge is 0.382 e. The van der Waals surface area contributed by atoms with E-state index >= 15 is 0 Å². The van der Waals surface area contributed by atoms with E-state index in [0.717, 1.165) is 0 Å². The summed E-state index contributed by atoms with van der Waals surface area (Å²) in [6.07, 6.45) is 1.85. The number of hydrogen-bond donors (Lipinski definition) is 3. The normalized spacial score (nSPS) is 13.1. The van der Waals surface area contributed by atoms with Crippen molar-refractivity contribution >= 4 is 34.1 Å². The fourth-order valence-corrected chi connectivity index (χ4v) is 3.46. The third kappa shape index (κ3) is 3.85. The van der Waals surface area contributed by atoms with Crippen molar-refractivity contribution in [3.63, 3.8) is 0 Å². The molecule has 1 unspecified atom stereocenters. The summed E-state index contributed by atoms with van der Waals surface area (Å²) in [5.74, 6) is 0.821. The molecule has 0 spiro atoms. The van der Waals surface area contributed by atoms with Crippen molar-refractivity contribution in [3.05, 3.63) is 51.3 Å². The van der Waals surface area contributed by atoms with Gasteiger partial charge in [0, 0.05) is 6.04 Å². The van der Waals surface area contributed by atoms with Crippen LogP contribution in [0.15, 0.2) is 29.3 Å². The minimum atomic E-state index is -0.465. The molecule has 1 aromatic carbocycles. The minimum absolute atomic E-state index is 0.0735. The number of hydrogen-bond acceptors (Lipinski definition) is 8. The average Bonchev–Trinajstić information content (AvgIpc) is 2.68. The molecule has 0 aliphatic rings. The monoisotopic (exact) mass is 412 g/mol. The SMILES string of the molecule is CC(CCN)n1c([C@H](C)Nc2ncnc(N)c2C#N)nc2cccc(Cl)c2c1=O. The number of benzene rings is 1. The molecule has 150 valence electrons. The number of nitriles is 1. The summed E-state index contributed by atoms with van der Waals surface area (Å²) in [4.78, 5) is 25.9. The van der Waals surface area contributed by atoms with Gasteiger partial charge >= 0.3 is 0 Å². The van der Waals surface area contributed by atoms with Gasteiger partial charge < -0.3 is 16.8 Å². The van der Waals surface area contributed by atoms with Crippen LogP contribution in [0.2, 0.25) is 5.02 Å². The fourth-order valence-electron chi connectivity index (χ4n) is 3.21. The number of nitrogens with zero attached hydrogens (tertiary/aromatic N) is 5. The minimum Gasteiger partial charge on any atom is -0.382 e. The lowest BCUT2D eigenvalue weighted by molar-refractivity contribution is 0.465. The molecule has 0 saturated carbocycles. The smallest absolute Gasteiger partial charge is 0.263 e. The van der Waals surface area contributed by atoms with Crippen LogP contribution in [0.1, 0.15) is 43.7 Å². The molecule has 0 bridgehead atoms. The van der Waals surface area contributed by atoms with E-state index in [1.54, 1.807) is 22.8 Å². The molecule has 2 atom stereocenters. The Morgan fingerprint density at radius 2 is 2.10 bits per heavy atom. The van der Waals surface area contributed by atoms with E-state index in [9.17, 15) is 10.1 Å². The number of anilines is 2. The van der Waals surface area contributed by atoms with Crippen molar-refractivity contribution in [1.29, 1.82) is 5.26 Å². The van der Waals surface area contributed by atoms with Crippen LogP contribution >= 0.6 is 11.6 Å². The van der Waals surface area contributed by atoms with Crippen LogP contribution < -0.4 is 22.3 Å². The zero-order valence-electron chi connectivity index (χ0n) is 16.1. The van der Waals surface area contributed by atoms with Crippen LogP contribution in [0.25, 0.3) is 10.9 Å². The number of nitrogens with two attached hydrogens (primary N) is 2. The van der Waals surface area contributed by atoms with E-state index in [1.165, 1.54) is 6.33 Å². The Morgan fingerprint density at radius 1 is 1.34 bits per heavy atom. The first kappa shape index (κ1) is 20.5. The summed E-state index contributed by atoms with van der Waals surface area (Å²) >= 11 is 6.27. The molecular weight excluding hydrogens is 392 g/mol. The Labute approximate surface area is 172 Å². The number of aromatic nitrogens is 4. The maximum atomic E-state index is 13.3. The van der Waals surface area contributed by atoms with Crippen molar-refractivity contribution in [2.45, 2.75) is 32.4 Å². The third-order valence-electron chi connectivity index (χ3n) is 4.66. The Morgan fingerprint density at radius 3 is 2.79 bits per heavy atom. The Balaban J connectivity index is 2.17. The number of fused-ring (bicyclic) bond motifs is 1. The highest BCUT2D eigenvalue weighted by atomic mass is 35.5. The van der Waals surface area contributed by atoms with Gasteiger partial charge in [0.2, 0.25) is 0 Å². The van der Waals surface area contributed by atoms with Crippen LogP contribution in [0, 0.1) is 11.3 Å². The van der Waals surface area contributed by atoms with E-state index in [0.29, 0.717) is 34.7 Å². The van der Waals surface area contributed by atoms with Crippen molar-refractivity contribution < 1.29 is 0 Å². The molecule has 0 amide bonds. The lowest BCUT2D eigenvalue weighted by Crippen LogP contribution is -2.32. The molecule has 9 nitrogen and oxygen atoms in total. The van der Waals surface area contributed by atoms with Gasteiger partial charge in [0.1, 0.15) is 35.4 Å². The number of nitrogen functional groups attached to an aromatic ring is 1. The quantitative estimate of drug-likeness (QED) is 0.558. The molecule has 29 heavy (non-hydrogen) atoms. The van der Waals surface area contributed by atoms with E-state index in [4.69, 9.17) is 28.1 Å². The van der Waals surface area contributed by atoms with Crippen molar-refractivity contribution in [2.75, 3.05) is 17.6 Å². The molecule has 3 rings (SSSR count). The zero-order chi connectivity index (χ0) is 21.1. The second kappa shape index (κ2) is 8.43. The first-order valence-electron chi connectivity index (χ1n) is 9.06. The molecule has 2 aromatic heterocycles. The van der Waals surface area contributed by atoms with Gasteiger partial charge in [-0.05, 0) is 38.9 Å². The van der Waals surface area contributed by atoms with Crippen molar-refractivity contribution in [1.82, 2.24) is 19.5 Å². The lowest BCUT2D eigenvalue weighted by atomic mass is 10.1. The molecule has 3 aromatic rings. The topological polar surface area (TPSA) is 149 Å². The molecule has 0 saturated heterocycles. The Hall–Kier alpha value is -3.22. The van der Waals surface area contributed by atoms with Gasteiger partial charge in [-0.25, -0.2) is 15.0 Å². The first-order valence-corrected chi connectivity index (χ1v) is 9.44. The van der Waals surface area contributed by atoms with Gasteiger partial charge in [-0.15, -0.1) is 0 Å². The molecule has 0 radical (unpaired) electrons. The second-order valence-electron chi connectivity index (χ2n) is 6.67. The predicted octanol–water partition coefficient (Wildman–Crippen LogP) is 2.38. The average molecular weight is 413 g/mol. The molecule has 2 heterocycles. The molecule has 0 aliphatic heterocycles. The summed E-state index contributed by atoms with van der Waals surface area (Å²) in [7, 11) is 0. The molecule has 0 fully saturated rings. The van der Waals surface area contributed by atoms with Crippen LogP contribution in [0.4, 0.5) is 11.6 Å². The van der Waals surface area contributed by atoms with Crippen LogP contribution in [-0.4, -0.2) is 26.1 Å². The summed E-state index contributed by atoms with van der Waals surface area (Å²) < 4.78 is 1.59. The standard InChI is InChI=1S/C19H21ClN8O/c1-10(6-7-21)28-18(27-14-5-3-4-13(20)15(14)19(28)29)11(2)26-17-12(8-22)16(23)24-9-25-17/h3-5,9-11H,6-7,21H2,1-2H3,(H3,23,24,25,26)/t10?,11-/m0/s1. The van der Waals surface area contributed by atoms with E-state index in [-0.39, 0.29) is 28.8 Å². The molecular formula is C19H21ClN8O. The van der Waals surface area contributed by atoms with Gasteiger partial charge in [-0.1, -0.05) is 17.7 Å². The first-order chi connectivity index (χ1) is 13.9. The fraction of sp³-hybridized carbons (Fsp3) is 0.316. The number of halogens is 1. The van der Waals surface area contributed by atoms with Crippen LogP contribution in [0.5, 0.6) is 0 Å². The van der Waals surface area contributed by atoms with Crippen LogP contribution in [-0.2, 0) is 0 Å². The van der Waals surface area contributed by atoms with Gasteiger partial charge in [0.25, 0.3) is 5.56 Å².